The summed E-state index contributed by atoms with van der Waals surface area (Å²) in [5.41, 5.74) is 0.702. The minimum Gasteiger partial charge on any atom is -0.480 e. The first-order chi connectivity index (χ1) is 8.05. The van der Waals surface area contributed by atoms with Gasteiger partial charge in [0.15, 0.2) is 0 Å². The molecule has 1 amide bonds. The number of carbonyl (C=O) groups is 2. The highest BCUT2D eigenvalue weighted by molar-refractivity contribution is 5.97. The molecule has 5 heteroatoms. The third kappa shape index (κ3) is 2.20. The molecule has 94 valence electrons. The van der Waals surface area contributed by atoms with E-state index in [0.717, 1.165) is 31.5 Å². The van der Waals surface area contributed by atoms with Crippen LogP contribution in [0.4, 0.5) is 0 Å². The molecule has 0 aromatic rings. The summed E-state index contributed by atoms with van der Waals surface area (Å²) in [5.74, 6) is -1.14. The summed E-state index contributed by atoms with van der Waals surface area (Å²) in [6.45, 7) is 3.23. The van der Waals surface area contributed by atoms with Gasteiger partial charge in [-0.2, -0.15) is 0 Å². The zero-order chi connectivity index (χ0) is 12.5. The lowest BCUT2D eigenvalue weighted by atomic mass is 9.96. The van der Waals surface area contributed by atoms with Crippen LogP contribution in [0.15, 0.2) is 11.1 Å². The number of carbonyl (C=O) groups excluding carboxylic acids is 1. The Morgan fingerprint density at radius 3 is 2.29 bits per heavy atom. The summed E-state index contributed by atoms with van der Waals surface area (Å²) in [4.78, 5) is 23.3. The van der Waals surface area contributed by atoms with Crippen LogP contribution in [-0.2, 0) is 9.59 Å². The maximum atomic E-state index is 12.0. The van der Waals surface area contributed by atoms with Crippen LogP contribution in [0, 0.1) is 0 Å². The Kier molecular flexibility index (Phi) is 3.19. The van der Waals surface area contributed by atoms with Gasteiger partial charge in [0.05, 0.1) is 0 Å². The molecule has 1 aliphatic heterocycles. The molecule has 0 unspecified atom stereocenters. The van der Waals surface area contributed by atoms with Crippen molar-refractivity contribution >= 4 is 11.9 Å². The van der Waals surface area contributed by atoms with E-state index in [1.165, 1.54) is 0 Å². The highest BCUT2D eigenvalue weighted by Gasteiger charge is 2.42. The summed E-state index contributed by atoms with van der Waals surface area (Å²) < 4.78 is 0. The minimum atomic E-state index is -1.03. The smallest absolute Gasteiger partial charge is 0.329 e. The molecule has 0 atom stereocenters. The Labute approximate surface area is 100 Å². The number of amides is 1. The quantitative estimate of drug-likeness (QED) is 0.623. The molecule has 0 aromatic heterocycles. The van der Waals surface area contributed by atoms with Crippen LogP contribution in [0.5, 0.6) is 0 Å². The van der Waals surface area contributed by atoms with Gasteiger partial charge in [0.2, 0.25) is 5.91 Å². The molecule has 2 aliphatic rings. The summed E-state index contributed by atoms with van der Waals surface area (Å²) in [6.07, 6.45) is 2.80. The van der Waals surface area contributed by atoms with E-state index in [9.17, 15) is 14.7 Å². The summed E-state index contributed by atoms with van der Waals surface area (Å²) >= 11 is 0. The van der Waals surface area contributed by atoms with Gasteiger partial charge in [0.25, 0.3) is 0 Å². The Morgan fingerprint density at radius 1 is 1.29 bits per heavy atom. The molecule has 1 saturated heterocycles. The average Bonchev–Trinajstić information content (AvgIpc) is 2.64. The lowest BCUT2D eigenvalue weighted by Gasteiger charge is -2.27. The van der Waals surface area contributed by atoms with Crippen molar-refractivity contribution in [2.45, 2.75) is 38.1 Å². The molecule has 0 spiro atoms. The molecule has 1 aliphatic carbocycles. The van der Waals surface area contributed by atoms with E-state index in [1.54, 1.807) is 6.92 Å². The van der Waals surface area contributed by atoms with Crippen molar-refractivity contribution in [3.63, 3.8) is 0 Å². The highest BCUT2D eigenvalue weighted by atomic mass is 16.4. The van der Waals surface area contributed by atoms with E-state index < -0.39 is 11.5 Å². The number of rotatable bonds is 3. The lowest BCUT2D eigenvalue weighted by molar-refractivity contribution is -0.146. The third-order valence-electron chi connectivity index (χ3n) is 3.77. The topological polar surface area (TPSA) is 78.4 Å². The first-order valence-corrected chi connectivity index (χ1v) is 6.00. The van der Waals surface area contributed by atoms with Crippen LogP contribution in [-0.4, -0.2) is 35.6 Å². The van der Waals surface area contributed by atoms with E-state index in [2.05, 4.69) is 10.6 Å². The summed E-state index contributed by atoms with van der Waals surface area (Å²) in [5, 5.41) is 15.0. The predicted molar refractivity (Wildman–Crippen MR) is 62.5 cm³/mol. The Bertz CT molecular complexity index is 375. The lowest BCUT2D eigenvalue weighted by Crippen LogP contribution is -2.53. The molecule has 1 heterocycles. The van der Waals surface area contributed by atoms with Gasteiger partial charge in [-0.3, -0.25) is 4.79 Å². The molecule has 3 N–H and O–H groups in total. The van der Waals surface area contributed by atoms with E-state index in [0.29, 0.717) is 18.4 Å². The van der Waals surface area contributed by atoms with Crippen molar-refractivity contribution < 1.29 is 14.7 Å². The molecule has 2 rings (SSSR count). The van der Waals surface area contributed by atoms with E-state index in [1.807, 2.05) is 0 Å². The maximum absolute atomic E-state index is 12.0. The van der Waals surface area contributed by atoms with Crippen molar-refractivity contribution in [3.05, 3.63) is 11.1 Å². The van der Waals surface area contributed by atoms with Gasteiger partial charge < -0.3 is 15.7 Å². The number of carboxylic acid groups (broad SMARTS) is 1. The molecule has 0 bridgehead atoms. The fraction of sp³-hybridized carbons (Fsp3) is 0.667. The minimum absolute atomic E-state index is 0.231. The largest absolute Gasteiger partial charge is 0.480 e. The van der Waals surface area contributed by atoms with E-state index >= 15 is 0 Å². The highest BCUT2D eigenvalue weighted by Crippen LogP contribution is 2.30. The van der Waals surface area contributed by atoms with Crippen molar-refractivity contribution in [1.29, 1.82) is 0 Å². The Hall–Kier alpha value is -1.36. The fourth-order valence-electron chi connectivity index (χ4n) is 2.36. The summed E-state index contributed by atoms with van der Waals surface area (Å²) in [6, 6.07) is 0. The zero-order valence-electron chi connectivity index (χ0n) is 10.0. The van der Waals surface area contributed by atoms with Gasteiger partial charge in [0.1, 0.15) is 5.54 Å². The Morgan fingerprint density at radius 2 is 1.88 bits per heavy atom. The number of aliphatic carboxylic acids is 1. The number of carboxylic acids is 1. The van der Waals surface area contributed by atoms with Crippen LogP contribution in [0.3, 0.4) is 0 Å². The van der Waals surface area contributed by atoms with Crippen LogP contribution in [0.25, 0.3) is 0 Å². The Balaban J connectivity index is 2.08. The molecule has 5 nitrogen and oxygen atoms in total. The van der Waals surface area contributed by atoms with Gasteiger partial charge in [-0.05, 0) is 25.3 Å². The normalized spacial score (nSPS) is 21.8. The first kappa shape index (κ1) is 12.1. The second-order valence-electron chi connectivity index (χ2n) is 4.88. The van der Waals surface area contributed by atoms with Gasteiger partial charge in [-0.25, -0.2) is 4.79 Å². The standard InChI is InChI=1S/C12H18N2O3/c1-8(9-6-13-7-9)10(15)14-12(11(16)17)4-2-3-5-12/h13H,2-7H2,1H3,(H,14,15)(H,16,17). The van der Waals surface area contributed by atoms with Crippen molar-refractivity contribution in [3.8, 4) is 0 Å². The fourth-order valence-corrected chi connectivity index (χ4v) is 2.36. The maximum Gasteiger partial charge on any atom is 0.329 e. The zero-order valence-corrected chi connectivity index (χ0v) is 10.0. The van der Waals surface area contributed by atoms with Gasteiger partial charge in [0, 0.05) is 18.7 Å². The predicted octanol–water partition coefficient (Wildman–Crippen LogP) is 0.420. The van der Waals surface area contributed by atoms with Gasteiger partial charge in [-0.1, -0.05) is 12.8 Å². The number of hydrogen-bond acceptors (Lipinski definition) is 3. The second-order valence-corrected chi connectivity index (χ2v) is 4.88. The molecular weight excluding hydrogens is 220 g/mol. The van der Waals surface area contributed by atoms with Crippen molar-refractivity contribution in [2.75, 3.05) is 13.1 Å². The second kappa shape index (κ2) is 4.49. The average molecular weight is 238 g/mol. The van der Waals surface area contributed by atoms with Gasteiger partial charge in [-0.15, -0.1) is 0 Å². The molecule has 0 aromatic carbocycles. The van der Waals surface area contributed by atoms with Crippen LogP contribution >= 0.6 is 0 Å². The first-order valence-electron chi connectivity index (χ1n) is 6.00. The molecular formula is C12H18N2O3. The van der Waals surface area contributed by atoms with Crippen molar-refractivity contribution in [1.82, 2.24) is 10.6 Å². The van der Waals surface area contributed by atoms with Crippen LogP contribution in [0.1, 0.15) is 32.6 Å². The molecule has 2 fully saturated rings. The van der Waals surface area contributed by atoms with Gasteiger partial charge >= 0.3 is 5.97 Å². The molecule has 0 radical (unpaired) electrons. The van der Waals surface area contributed by atoms with E-state index in [4.69, 9.17) is 0 Å². The third-order valence-corrected chi connectivity index (χ3v) is 3.77. The van der Waals surface area contributed by atoms with Crippen molar-refractivity contribution in [2.24, 2.45) is 0 Å². The monoisotopic (exact) mass is 238 g/mol. The number of hydrogen-bond donors (Lipinski definition) is 3. The van der Waals surface area contributed by atoms with Crippen LogP contribution in [0.2, 0.25) is 0 Å². The summed E-state index contributed by atoms with van der Waals surface area (Å²) in [7, 11) is 0. The van der Waals surface area contributed by atoms with E-state index in [-0.39, 0.29) is 5.91 Å². The SMILES string of the molecule is CC(C(=O)NC1(C(=O)O)CCCC1)=C1CNC1. The molecule has 1 saturated carbocycles. The number of nitrogens with one attached hydrogen (secondary N) is 2. The molecule has 17 heavy (non-hydrogen) atoms. The van der Waals surface area contributed by atoms with Crippen LogP contribution < -0.4 is 10.6 Å².